The van der Waals surface area contributed by atoms with Crippen LogP contribution >= 0.6 is 0 Å². The van der Waals surface area contributed by atoms with Gasteiger partial charge in [0.1, 0.15) is 5.75 Å². The highest BCUT2D eigenvalue weighted by Crippen LogP contribution is 2.48. The molecule has 4 rings (SSSR count). The molecule has 0 unspecified atom stereocenters. The minimum Gasteiger partial charge on any atom is -0.435 e. The SMILES string of the molecule is C[C@]1(O)C[C@@H](C(=O)N2CC3(CCC(Cc4cccc(OC(F)F)c4)CC3)C2)C1. The van der Waals surface area contributed by atoms with Crippen LogP contribution in [0.25, 0.3) is 0 Å². The minimum absolute atomic E-state index is 0.00595. The predicted octanol–water partition coefficient (Wildman–Crippen LogP) is 4.01. The van der Waals surface area contributed by atoms with Gasteiger partial charge in [-0.05, 0) is 75.5 Å². The molecule has 2 aliphatic carbocycles. The van der Waals surface area contributed by atoms with Gasteiger partial charge in [-0.1, -0.05) is 12.1 Å². The van der Waals surface area contributed by atoms with Crippen molar-refractivity contribution in [3.8, 4) is 5.75 Å². The van der Waals surface area contributed by atoms with Gasteiger partial charge in [-0.3, -0.25) is 4.79 Å². The number of hydrogen-bond acceptors (Lipinski definition) is 3. The fourth-order valence-corrected chi connectivity index (χ4v) is 5.35. The molecule has 0 bridgehead atoms. The summed E-state index contributed by atoms with van der Waals surface area (Å²) >= 11 is 0. The maximum absolute atomic E-state index is 12.5. The zero-order valence-electron chi connectivity index (χ0n) is 16.4. The van der Waals surface area contributed by atoms with Crippen LogP contribution in [0.3, 0.4) is 0 Å². The summed E-state index contributed by atoms with van der Waals surface area (Å²) in [6.45, 7) is 0.717. The number of aliphatic hydroxyl groups is 1. The minimum atomic E-state index is -2.79. The predicted molar refractivity (Wildman–Crippen MR) is 101 cm³/mol. The lowest BCUT2D eigenvalue weighted by atomic mass is 9.64. The molecule has 4 nitrogen and oxygen atoms in total. The lowest BCUT2D eigenvalue weighted by Gasteiger charge is -2.55. The molecule has 0 radical (unpaired) electrons. The van der Waals surface area contributed by atoms with Gasteiger partial charge in [0.25, 0.3) is 0 Å². The quantitative estimate of drug-likeness (QED) is 0.822. The zero-order chi connectivity index (χ0) is 19.9. The third kappa shape index (κ3) is 4.17. The zero-order valence-corrected chi connectivity index (χ0v) is 16.4. The van der Waals surface area contributed by atoms with Crippen LogP contribution in [0, 0.1) is 17.3 Å². The van der Waals surface area contributed by atoms with Crippen molar-refractivity contribution >= 4 is 5.91 Å². The van der Waals surface area contributed by atoms with Crippen LogP contribution in [0.15, 0.2) is 24.3 Å². The molecule has 1 aromatic rings. The van der Waals surface area contributed by atoms with Crippen LogP contribution in [0.5, 0.6) is 5.75 Å². The van der Waals surface area contributed by atoms with Crippen molar-refractivity contribution in [2.24, 2.45) is 17.3 Å². The molecular weight excluding hydrogens is 364 g/mol. The number of alkyl halides is 2. The molecule has 0 aromatic heterocycles. The highest BCUT2D eigenvalue weighted by Gasteiger charge is 2.51. The summed E-state index contributed by atoms with van der Waals surface area (Å²) in [6, 6.07) is 7.02. The van der Waals surface area contributed by atoms with E-state index in [1.807, 2.05) is 11.0 Å². The molecule has 3 aliphatic rings. The maximum Gasteiger partial charge on any atom is 0.387 e. The number of halogens is 2. The van der Waals surface area contributed by atoms with E-state index in [4.69, 9.17) is 0 Å². The van der Waals surface area contributed by atoms with Crippen molar-refractivity contribution in [3.63, 3.8) is 0 Å². The maximum atomic E-state index is 12.5. The molecule has 1 aromatic carbocycles. The molecule has 154 valence electrons. The van der Waals surface area contributed by atoms with Crippen LogP contribution in [0.4, 0.5) is 8.78 Å². The van der Waals surface area contributed by atoms with Crippen molar-refractivity contribution in [2.45, 2.75) is 64.1 Å². The van der Waals surface area contributed by atoms with Crippen molar-refractivity contribution in [3.05, 3.63) is 29.8 Å². The van der Waals surface area contributed by atoms with Gasteiger partial charge in [0.2, 0.25) is 5.91 Å². The van der Waals surface area contributed by atoms with Gasteiger partial charge in [-0.15, -0.1) is 0 Å². The first-order valence-corrected chi connectivity index (χ1v) is 10.3. The molecule has 3 fully saturated rings. The second-order valence-corrected chi connectivity index (χ2v) is 9.47. The summed E-state index contributed by atoms with van der Waals surface area (Å²) < 4.78 is 29.3. The average Bonchev–Trinajstić information content (AvgIpc) is 2.57. The number of amides is 1. The lowest BCUT2D eigenvalue weighted by Crippen LogP contribution is -2.62. The molecule has 6 heteroatoms. The molecular formula is C22H29F2NO3. The van der Waals surface area contributed by atoms with Gasteiger partial charge in [0, 0.05) is 24.4 Å². The van der Waals surface area contributed by atoms with Crippen molar-refractivity contribution in [1.29, 1.82) is 0 Å². The van der Waals surface area contributed by atoms with Gasteiger partial charge >= 0.3 is 6.61 Å². The number of nitrogens with zero attached hydrogens (tertiary/aromatic N) is 1. The molecule has 0 atom stereocenters. The second-order valence-electron chi connectivity index (χ2n) is 9.47. The number of benzene rings is 1. The van der Waals surface area contributed by atoms with Gasteiger partial charge in [0.05, 0.1) is 5.60 Å². The number of hydrogen-bond donors (Lipinski definition) is 1. The van der Waals surface area contributed by atoms with Crippen LogP contribution in [0.2, 0.25) is 0 Å². The average molecular weight is 393 g/mol. The first kappa shape index (κ1) is 19.6. The van der Waals surface area contributed by atoms with Gasteiger partial charge in [0.15, 0.2) is 0 Å². The Hall–Kier alpha value is -1.69. The topological polar surface area (TPSA) is 49.8 Å². The van der Waals surface area contributed by atoms with E-state index in [9.17, 15) is 18.7 Å². The lowest BCUT2D eigenvalue weighted by molar-refractivity contribution is -0.163. The fourth-order valence-electron chi connectivity index (χ4n) is 5.35. The van der Waals surface area contributed by atoms with Crippen LogP contribution < -0.4 is 4.74 Å². The Kier molecular flexibility index (Phi) is 5.10. The number of likely N-dealkylation sites (tertiary alicyclic amines) is 1. The van der Waals surface area contributed by atoms with Gasteiger partial charge in [-0.25, -0.2) is 0 Å². The molecule has 1 aliphatic heterocycles. The van der Waals surface area contributed by atoms with Gasteiger partial charge < -0.3 is 14.7 Å². The molecule has 1 amide bonds. The van der Waals surface area contributed by atoms with E-state index >= 15 is 0 Å². The molecule has 1 heterocycles. The van der Waals surface area contributed by atoms with Crippen LogP contribution in [-0.4, -0.2) is 41.2 Å². The highest BCUT2D eigenvalue weighted by atomic mass is 19.3. The van der Waals surface area contributed by atoms with E-state index < -0.39 is 12.2 Å². The molecule has 2 saturated carbocycles. The fraction of sp³-hybridized carbons (Fsp3) is 0.682. The van der Waals surface area contributed by atoms with Crippen LogP contribution in [0.1, 0.15) is 51.0 Å². The summed E-state index contributed by atoms with van der Waals surface area (Å²) in [5, 5.41) is 9.84. The van der Waals surface area contributed by atoms with Crippen molar-refractivity contribution in [1.82, 2.24) is 4.90 Å². The van der Waals surface area contributed by atoms with E-state index in [1.165, 1.54) is 0 Å². The number of ether oxygens (including phenoxy) is 1. The first-order chi connectivity index (χ1) is 13.2. The van der Waals surface area contributed by atoms with E-state index in [1.54, 1.807) is 25.1 Å². The monoisotopic (exact) mass is 393 g/mol. The smallest absolute Gasteiger partial charge is 0.387 e. The van der Waals surface area contributed by atoms with Crippen molar-refractivity contribution in [2.75, 3.05) is 13.1 Å². The van der Waals surface area contributed by atoms with E-state index in [-0.39, 0.29) is 23.0 Å². The van der Waals surface area contributed by atoms with Crippen molar-refractivity contribution < 1.29 is 23.4 Å². The normalized spacial score (nSPS) is 29.5. The number of carbonyl (C=O) groups excluding carboxylic acids is 1. The summed E-state index contributed by atoms with van der Waals surface area (Å²) in [5.41, 5.74) is 0.666. The Morgan fingerprint density at radius 2 is 1.96 bits per heavy atom. The Balaban J connectivity index is 1.23. The van der Waals surface area contributed by atoms with E-state index in [0.717, 1.165) is 50.8 Å². The Morgan fingerprint density at radius 3 is 2.57 bits per heavy atom. The standard InChI is InChI=1S/C22H29F2NO3/c1-21(27)11-17(12-21)19(26)25-13-22(14-25)7-5-15(6-8-22)9-16-3-2-4-18(10-16)28-20(23)24/h2-4,10,15,17,20,27H,5-9,11-14H2,1H3/t17-,21+. The largest absolute Gasteiger partial charge is 0.435 e. The van der Waals surface area contributed by atoms with E-state index in [2.05, 4.69) is 4.74 Å². The molecule has 1 N–H and O–H groups in total. The van der Waals surface area contributed by atoms with Crippen LogP contribution in [-0.2, 0) is 11.2 Å². The van der Waals surface area contributed by atoms with E-state index in [0.29, 0.717) is 18.8 Å². The third-order valence-electron chi connectivity index (χ3n) is 6.90. The highest BCUT2D eigenvalue weighted by molar-refractivity contribution is 5.81. The Bertz CT molecular complexity index is 712. The van der Waals surface area contributed by atoms with Gasteiger partial charge in [-0.2, -0.15) is 8.78 Å². The third-order valence-corrected chi connectivity index (χ3v) is 6.90. The summed E-state index contributed by atoms with van der Waals surface area (Å²) in [6.07, 6.45) is 6.53. The Labute approximate surface area is 164 Å². The second kappa shape index (κ2) is 7.29. The Morgan fingerprint density at radius 1 is 1.29 bits per heavy atom. The first-order valence-electron chi connectivity index (χ1n) is 10.3. The summed E-state index contributed by atoms with van der Waals surface area (Å²) in [4.78, 5) is 14.5. The number of carbonyl (C=O) groups is 1. The molecule has 1 saturated heterocycles. The summed E-state index contributed by atoms with van der Waals surface area (Å²) in [7, 11) is 0. The summed E-state index contributed by atoms with van der Waals surface area (Å²) in [5.74, 6) is 1.00. The number of rotatable bonds is 5. The molecule has 28 heavy (non-hydrogen) atoms. The molecule has 1 spiro atoms.